The van der Waals surface area contributed by atoms with Gasteiger partial charge in [0.25, 0.3) is 0 Å². The van der Waals surface area contributed by atoms with Crippen molar-refractivity contribution in [1.29, 1.82) is 10.5 Å². The molecule has 292 valence electrons. The molecule has 17 nitrogen and oxygen atoms in total. The summed E-state index contributed by atoms with van der Waals surface area (Å²) in [5.41, 5.74) is 3.17. The molecule has 2 atom stereocenters. The van der Waals surface area contributed by atoms with Gasteiger partial charge in [-0.1, -0.05) is 10.3 Å². The Morgan fingerprint density at radius 1 is 0.818 bits per heavy atom. The number of hydrogen-bond acceptors (Lipinski definition) is 15. The molecule has 0 radical (unpaired) electrons. The standard InChI is InChI=1S/C19H24N6O2.C12H16N4.C7H10N2O3/c1-14-12-24(13-17-7-6-16(10-20)11-21-17)8-9-25(14)19(26)5-3-4-18-22-15(2)27-23-18;1-10-8-16(5-4-14-10)9-12-3-2-11(6-13)7-15-12;1-5-8-6(9-12-5)3-2-4-7(10)11/h6-7,11,14H,3-5,8-9,12-13H2,1-2H3;2-3,7,10,14H,4-5,8-9H2,1H3;2-4H2,1H3,(H,10,11). The van der Waals surface area contributed by atoms with Gasteiger partial charge in [-0.2, -0.15) is 20.5 Å². The summed E-state index contributed by atoms with van der Waals surface area (Å²) in [6, 6.07) is 12.3. The van der Waals surface area contributed by atoms with Crippen LogP contribution in [0.5, 0.6) is 0 Å². The van der Waals surface area contributed by atoms with Gasteiger partial charge in [-0.15, -0.1) is 0 Å². The number of carbonyl (C=O) groups excluding carboxylic acids is 1. The maximum absolute atomic E-state index is 12.5. The van der Waals surface area contributed by atoms with Crippen molar-refractivity contribution in [2.75, 3.05) is 39.3 Å². The van der Waals surface area contributed by atoms with Crippen LogP contribution in [0, 0.1) is 36.5 Å². The van der Waals surface area contributed by atoms with Crippen LogP contribution in [0.25, 0.3) is 0 Å². The molecule has 2 saturated heterocycles. The molecule has 0 aliphatic carbocycles. The molecule has 0 aromatic carbocycles. The van der Waals surface area contributed by atoms with E-state index < -0.39 is 5.97 Å². The highest BCUT2D eigenvalue weighted by Gasteiger charge is 2.27. The fourth-order valence-electron chi connectivity index (χ4n) is 6.15. The number of amides is 1. The number of nitriles is 2. The molecular weight excluding hydrogens is 704 g/mol. The summed E-state index contributed by atoms with van der Waals surface area (Å²) in [6.45, 7) is 14.9. The van der Waals surface area contributed by atoms with E-state index in [9.17, 15) is 9.59 Å². The number of aryl methyl sites for hydroxylation is 4. The summed E-state index contributed by atoms with van der Waals surface area (Å²) in [5, 5.41) is 36.8. The Balaban J connectivity index is 0.000000203. The third-order valence-electron chi connectivity index (χ3n) is 8.89. The predicted octanol–water partition coefficient (Wildman–Crippen LogP) is 3.23. The predicted molar refractivity (Wildman–Crippen MR) is 199 cm³/mol. The van der Waals surface area contributed by atoms with E-state index in [2.05, 4.69) is 71.4 Å². The molecule has 4 aromatic heterocycles. The van der Waals surface area contributed by atoms with Gasteiger partial charge in [0.2, 0.25) is 17.7 Å². The Hall–Kier alpha value is -5.62. The van der Waals surface area contributed by atoms with Gasteiger partial charge in [0.05, 0.1) is 22.5 Å². The third kappa shape index (κ3) is 15.0. The summed E-state index contributed by atoms with van der Waals surface area (Å²) in [7, 11) is 0. The summed E-state index contributed by atoms with van der Waals surface area (Å²) in [6.07, 6.45) is 6.37. The number of carboxylic acids is 1. The maximum Gasteiger partial charge on any atom is 0.303 e. The Morgan fingerprint density at radius 3 is 1.80 bits per heavy atom. The minimum atomic E-state index is -0.796. The lowest BCUT2D eigenvalue weighted by molar-refractivity contribution is -0.137. The van der Waals surface area contributed by atoms with Crippen LogP contribution >= 0.6 is 0 Å². The number of aromatic nitrogens is 6. The Morgan fingerprint density at radius 2 is 1.36 bits per heavy atom. The normalized spacial score (nSPS) is 17.2. The van der Waals surface area contributed by atoms with Crippen molar-refractivity contribution in [1.82, 2.24) is 50.3 Å². The first-order valence-corrected chi connectivity index (χ1v) is 18.5. The zero-order valence-electron chi connectivity index (χ0n) is 32.0. The van der Waals surface area contributed by atoms with Gasteiger partial charge in [0.15, 0.2) is 11.6 Å². The zero-order chi connectivity index (χ0) is 39.6. The second-order valence-corrected chi connectivity index (χ2v) is 13.6. The lowest BCUT2D eigenvalue weighted by atomic mass is 10.1. The molecular formula is C38H50N12O5. The number of rotatable bonds is 12. The SMILES string of the molecule is CC1CN(Cc2ccc(C#N)cn2)CCN1.Cc1nc(CCCC(=O)N2CCN(Cc3ccc(C#N)cn3)CC2C)no1.Cc1nc(CCCC(=O)O)no1. The molecule has 6 heterocycles. The molecule has 2 fully saturated rings. The van der Waals surface area contributed by atoms with Crippen LogP contribution < -0.4 is 5.32 Å². The fourth-order valence-corrected chi connectivity index (χ4v) is 6.15. The number of carboxylic acid groups (broad SMARTS) is 1. The van der Waals surface area contributed by atoms with Gasteiger partial charge >= 0.3 is 5.97 Å². The Bertz CT molecular complexity index is 1870. The van der Waals surface area contributed by atoms with Crippen LogP contribution in [0.2, 0.25) is 0 Å². The van der Waals surface area contributed by atoms with Crippen molar-refractivity contribution >= 4 is 11.9 Å². The van der Waals surface area contributed by atoms with E-state index in [-0.39, 0.29) is 18.4 Å². The number of aliphatic carboxylic acids is 1. The largest absolute Gasteiger partial charge is 0.481 e. The van der Waals surface area contributed by atoms with Crippen LogP contribution in [-0.2, 0) is 35.5 Å². The number of nitrogens with one attached hydrogen (secondary N) is 1. The second kappa shape index (κ2) is 21.9. The molecule has 2 aliphatic heterocycles. The lowest BCUT2D eigenvalue weighted by Gasteiger charge is -2.39. The molecule has 6 rings (SSSR count). The smallest absolute Gasteiger partial charge is 0.303 e. The molecule has 2 unspecified atom stereocenters. The molecule has 4 aromatic rings. The minimum absolute atomic E-state index is 0.146. The van der Waals surface area contributed by atoms with E-state index in [1.54, 1.807) is 32.3 Å². The highest BCUT2D eigenvalue weighted by Crippen LogP contribution is 2.15. The van der Waals surface area contributed by atoms with Crippen LogP contribution in [0.1, 0.15) is 85.5 Å². The summed E-state index contributed by atoms with van der Waals surface area (Å²) >= 11 is 0. The van der Waals surface area contributed by atoms with Gasteiger partial charge in [0, 0.05) is 116 Å². The van der Waals surface area contributed by atoms with Crippen LogP contribution in [0.3, 0.4) is 0 Å². The van der Waals surface area contributed by atoms with Gasteiger partial charge in [-0.3, -0.25) is 29.4 Å². The Kier molecular flexibility index (Phi) is 16.8. The molecule has 2 N–H and O–H groups in total. The summed E-state index contributed by atoms with van der Waals surface area (Å²) in [4.78, 5) is 46.0. The monoisotopic (exact) mass is 754 g/mol. The molecule has 17 heteroatoms. The van der Waals surface area contributed by atoms with E-state index in [0.717, 1.165) is 70.2 Å². The van der Waals surface area contributed by atoms with Crippen LogP contribution in [0.4, 0.5) is 0 Å². The first-order chi connectivity index (χ1) is 26.5. The van der Waals surface area contributed by atoms with E-state index in [1.165, 1.54) is 0 Å². The number of pyridine rings is 2. The van der Waals surface area contributed by atoms with Gasteiger partial charge < -0.3 is 24.4 Å². The van der Waals surface area contributed by atoms with E-state index in [4.69, 9.17) is 24.7 Å². The second-order valence-electron chi connectivity index (χ2n) is 13.6. The Labute approximate surface area is 321 Å². The topological polar surface area (TPSA) is 227 Å². The molecule has 0 spiro atoms. The van der Waals surface area contributed by atoms with Crippen LogP contribution in [-0.4, -0.2) is 113 Å². The maximum atomic E-state index is 12.5. The zero-order valence-corrected chi connectivity index (χ0v) is 32.0. The van der Waals surface area contributed by atoms with Crippen molar-refractivity contribution < 1.29 is 23.7 Å². The van der Waals surface area contributed by atoms with Crippen LogP contribution in [0.15, 0.2) is 45.7 Å². The van der Waals surface area contributed by atoms with Gasteiger partial charge in [0.1, 0.15) is 12.1 Å². The summed E-state index contributed by atoms with van der Waals surface area (Å²) in [5.74, 6) is 1.69. The number of nitrogens with zero attached hydrogens (tertiary/aromatic N) is 11. The molecule has 0 saturated carbocycles. The first-order valence-electron chi connectivity index (χ1n) is 18.5. The molecule has 0 bridgehead atoms. The average molecular weight is 755 g/mol. The third-order valence-corrected chi connectivity index (χ3v) is 8.89. The first kappa shape index (κ1) is 42.1. The van der Waals surface area contributed by atoms with E-state index >= 15 is 0 Å². The minimum Gasteiger partial charge on any atom is -0.481 e. The van der Waals surface area contributed by atoms with Gasteiger partial charge in [-0.05, 0) is 51.0 Å². The van der Waals surface area contributed by atoms with Crippen molar-refractivity contribution in [3.8, 4) is 12.1 Å². The summed E-state index contributed by atoms with van der Waals surface area (Å²) < 4.78 is 9.66. The highest BCUT2D eigenvalue weighted by atomic mass is 16.5. The van der Waals surface area contributed by atoms with E-state index in [1.807, 2.05) is 23.1 Å². The molecule has 1 amide bonds. The number of piperazine rings is 2. The molecule has 55 heavy (non-hydrogen) atoms. The molecule has 2 aliphatic rings. The van der Waals surface area contributed by atoms with Gasteiger partial charge in [-0.25, -0.2) is 0 Å². The van der Waals surface area contributed by atoms with Crippen molar-refractivity contribution in [2.45, 2.75) is 91.4 Å². The van der Waals surface area contributed by atoms with Crippen molar-refractivity contribution in [3.05, 3.63) is 82.6 Å². The number of hydrogen-bond donors (Lipinski definition) is 2. The van der Waals surface area contributed by atoms with Crippen molar-refractivity contribution in [3.63, 3.8) is 0 Å². The van der Waals surface area contributed by atoms with Crippen molar-refractivity contribution in [2.24, 2.45) is 0 Å². The number of carbonyl (C=O) groups is 2. The highest BCUT2D eigenvalue weighted by molar-refractivity contribution is 5.76. The van der Waals surface area contributed by atoms with E-state index in [0.29, 0.717) is 66.3 Å². The lowest BCUT2D eigenvalue weighted by Crippen LogP contribution is -2.53. The average Bonchev–Trinajstić information content (AvgIpc) is 3.79. The quantitative estimate of drug-likeness (QED) is 0.212. The fraction of sp³-hybridized carbons (Fsp3) is 0.526.